The van der Waals surface area contributed by atoms with Crippen LogP contribution in [-0.2, 0) is 38.8 Å². The number of benzene rings is 1. The second kappa shape index (κ2) is 55.7. The second-order valence-electron chi connectivity index (χ2n) is 14.9. The van der Waals surface area contributed by atoms with E-state index in [0.29, 0.717) is 104 Å². The summed E-state index contributed by atoms with van der Waals surface area (Å²) in [6.07, 6.45) is 0. The van der Waals surface area contributed by atoms with Crippen LogP contribution >= 0.6 is 82.4 Å². The largest absolute Gasteiger partial charge is 1.00 e. The maximum atomic E-state index is 5.83. The number of nitrogens with two attached hydrogens (primary N) is 2. The van der Waals surface area contributed by atoms with Gasteiger partial charge in [-0.15, -0.1) is 0 Å². The predicted molar refractivity (Wildman–Crippen MR) is 356 cm³/mol. The number of nitrogens with zero attached hydrogens (tertiary/aromatic N) is 19. The Morgan fingerprint density at radius 3 is 1.03 bits per heavy atom. The topological polar surface area (TPSA) is 534 Å². The summed E-state index contributed by atoms with van der Waals surface area (Å²) in [6.45, 7) is 7.75. The Hall–Kier alpha value is -3.43. The molecule has 51 heteroatoms. The van der Waals surface area contributed by atoms with Gasteiger partial charge in [-0.3, -0.25) is 4.98 Å². The van der Waals surface area contributed by atoms with Gasteiger partial charge in [-0.2, -0.15) is 64.8 Å². The number of aryl methyl sites for hydroxylation is 3. The van der Waals surface area contributed by atoms with Crippen LogP contribution < -0.4 is 193 Å². The maximum absolute atomic E-state index is 5.83. The van der Waals surface area contributed by atoms with Crippen LogP contribution in [0, 0.1) is 30.3 Å². The number of anilines is 11. The quantitative estimate of drug-likeness (QED) is 0.00793. The normalized spacial score (nSPS) is 9.12. The van der Waals surface area contributed by atoms with Crippen molar-refractivity contribution in [2.45, 2.75) is 45.9 Å². The molecule has 0 aliphatic rings. The molecule has 7 aromatic heterocycles. The molecule has 21 N–H and O–H groups in total. The van der Waals surface area contributed by atoms with E-state index in [-0.39, 0.29) is 210 Å². The molecule has 0 bridgehead atoms. The van der Waals surface area contributed by atoms with Gasteiger partial charge >= 0.3 is 118 Å². The van der Waals surface area contributed by atoms with Crippen molar-refractivity contribution in [2.24, 2.45) is 0 Å². The fraction of sp³-hybridized carbons (Fsp3) is 0.341. The predicted octanol–water partition coefficient (Wildman–Crippen LogP) is -8.55. The van der Waals surface area contributed by atoms with Crippen molar-refractivity contribution in [3.8, 4) is 0 Å². The summed E-state index contributed by atoms with van der Waals surface area (Å²) in [4.78, 5) is 80.6. The number of aromatic amines is 2. The van der Waals surface area contributed by atoms with Crippen LogP contribution in [0.25, 0.3) is 0 Å². The van der Waals surface area contributed by atoms with E-state index in [1.165, 1.54) is 0 Å². The molecule has 0 atom stereocenters. The minimum absolute atomic E-state index is 0. The smallest absolute Gasteiger partial charge is 0.870 e. The summed E-state index contributed by atoms with van der Waals surface area (Å²) in [5.41, 5.74) is 12.2. The zero-order valence-corrected chi connectivity index (χ0v) is 65.6. The molecule has 0 saturated carbocycles. The van der Waals surface area contributed by atoms with Gasteiger partial charge in [0.2, 0.25) is 89.5 Å². The third kappa shape index (κ3) is 43.6. The summed E-state index contributed by atoms with van der Waals surface area (Å²) >= 11 is 47.4. The molecule has 0 radical (unpaired) electrons. The van der Waals surface area contributed by atoms with Crippen molar-refractivity contribution < 1.29 is 129 Å². The van der Waals surface area contributed by atoms with E-state index in [4.69, 9.17) is 119 Å². The molecule has 0 aliphatic carbocycles. The molecule has 484 valence electrons. The average Bonchev–Trinajstić information content (AvgIpc) is 2.28. The summed E-state index contributed by atoms with van der Waals surface area (Å²) < 4.78 is 0.510. The molecule has 8 rings (SSSR count). The monoisotopic (exact) mass is 1510 g/mol. The number of hydrogen-bond acceptors (Lipinski definition) is 39. The number of hydrogen-bond donors (Lipinski definition) is 16. The number of nitrogen functional groups attached to an aromatic ring is 2. The fourth-order valence-electron chi connectivity index (χ4n) is 5.14. The standard InChI is InChI=1S/C10H14Cl2N10.2C10H16N10S2.C6H8N2.C3Cl3N3.2CH4.4Na.2H2O.H2S/c1-5-17-6(11)19-8(18-5)15-4-16-10-21-7(12)20-9(22-10)14-3-13-2;2*1-5-15-6(18-9(21)16-5)13-4-14-8-17-7(12-3-11-2)19-10(22)20-8;7-5-1-2-6(8)4-3-5;4-1-7-2(5)9-3(6)8-1;;;;;;;;;/h13H,3-4H2,1-2H3,(H,15,17,18,19)(H2,14,16,20,21,22);2*11H,3-4H2,1-2H3,(H2,13,15,16,18,21)(H3,12,14,17,19,20,22);1-4H,7-8H2;;2*1H4;;;;;3*1H2/q;;;;;;;4*+1;;;/p-4. The first-order valence-corrected chi connectivity index (χ1v) is 26.7. The number of aromatic nitrogens is 21. The van der Waals surface area contributed by atoms with Crippen molar-refractivity contribution in [1.29, 1.82) is 0 Å². The molecule has 0 unspecified atom stereocenters. The van der Waals surface area contributed by atoms with Crippen molar-refractivity contribution in [3.63, 3.8) is 0 Å². The SMILES string of the molecule is C.C.CNCNc1nc(=S)nc(NCNc2nc(=S)nc(C)[nH]2)[nH]1.CNCNc1nc(Cl)nc(NCNc2nc(C)nc(Cl)n2)n1.CNCNc1nc([S-])nc(NCNc2nc(C)nc([S-])n2)n1.Clc1nc(Cl)nc(Cl)n1.Nc1ccc(N)cc1.O.[Na+].[Na+].[Na+].[Na+].[OH-].[SH-]. The van der Waals surface area contributed by atoms with E-state index >= 15 is 0 Å². The second-order valence-corrected chi connectivity index (χ2v) is 18.0. The first-order chi connectivity index (χ1) is 39.7. The summed E-state index contributed by atoms with van der Waals surface area (Å²) in [5, 5.41) is 36.1. The molecule has 92 heavy (non-hydrogen) atoms. The van der Waals surface area contributed by atoms with Crippen LogP contribution in [0.3, 0.4) is 0 Å². The summed E-state index contributed by atoms with van der Waals surface area (Å²) in [5.74, 6) is 5.40. The van der Waals surface area contributed by atoms with Gasteiger partial charge in [-0.1, -0.05) is 14.9 Å². The van der Waals surface area contributed by atoms with Crippen LogP contribution in [0.5, 0.6) is 0 Å². The van der Waals surface area contributed by atoms with E-state index in [1.807, 2.05) is 7.05 Å². The molecule has 0 saturated heterocycles. The van der Waals surface area contributed by atoms with Gasteiger partial charge in [-0.25, -0.2) is 29.9 Å². The Labute approximate surface area is 671 Å². The van der Waals surface area contributed by atoms with Gasteiger partial charge in [0.25, 0.3) is 0 Å². The van der Waals surface area contributed by atoms with Gasteiger partial charge in [0.15, 0.2) is 0 Å². The van der Waals surface area contributed by atoms with Gasteiger partial charge in [0.1, 0.15) is 17.5 Å². The summed E-state index contributed by atoms with van der Waals surface area (Å²) in [7, 11) is 5.41. The Morgan fingerprint density at radius 1 is 0.391 bits per heavy atom. The van der Waals surface area contributed by atoms with Gasteiger partial charge < -0.3 is 130 Å². The molecule has 0 fully saturated rings. The van der Waals surface area contributed by atoms with E-state index < -0.39 is 0 Å². The molecule has 8 aromatic rings. The van der Waals surface area contributed by atoms with Crippen LogP contribution in [-0.4, -0.2) is 177 Å². The molecule has 37 nitrogen and oxygen atoms in total. The van der Waals surface area contributed by atoms with Crippen molar-refractivity contribution in [2.75, 3.05) is 120 Å². The Balaban J connectivity index is -0.000000256. The third-order valence-corrected chi connectivity index (χ3v) is 9.93. The first kappa shape index (κ1) is 99.6. The Kier molecular flexibility index (Phi) is 60.3. The van der Waals surface area contributed by atoms with Crippen molar-refractivity contribution >= 4 is 186 Å². The number of thiol groups is 1. The zero-order chi connectivity index (χ0) is 60.7. The minimum Gasteiger partial charge on any atom is -0.870 e. The average molecular weight is 1510 g/mol. The zero-order valence-electron chi connectivity index (χ0n) is 49.6. The number of nitrogens with one attached hydrogen (secondary N) is 14. The summed E-state index contributed by atoms with van der Waals surface area (Å²) in [6, 6.07) is 7.09. The van der Waals surface area contributed by atoms with E-state index in [2.05, 4.69) is 168 Å². The molecule has 0 aliphatic heterocycles. The first-order valence-electron chi connectivity index (χ1n) is 23.1. The molecule has 1 aromatic carbocycles. The molecular formula is C41H64Cl5N35Na4O2S5. The molecule has 0 amide bonds. The van der Waals surface area contributed by atoms with E-state index in [1.54, 1.807) is 59.1 Å². The van der Waals surface area contributed by atoms with Crippen LogP contribution in [0.2, 0.25) is 26.4 Å². The maximum Gasteiger partial charge on any atom is 1.00 e. The van der Waals surface area contributed by atoms with Crippen LogP contribution in [0.4, 0.5) is 64.9 Å². The van der Waals surface area contributed by atoms with Gasteiger partial charge in [-0.05, 0) is 149 Å². The van der Waals surface area contributed by atoms with E-state index in [0.717, 1.165) is 11.4 Å². The minimum atomic E-state index is 0. The fourth-order valence-corrected chi connectivity index (χ4v) is 6.91. The van der Waals surface area contributed by atoms with E-state index in [9.17, 15) is 0 Å². The van der Waals surface area contributed by atoms with Crippen LogP contribution in [0.15, 0.2) is 34.6 Å². The van der Waals surface area contributed by atoms with Crippen LogP contribution in [0.1, 0.15) is 32.3 Å². The van der Waals surface area contributed by atoms with Crippen molar-refractivity contribution in [3.05, 3.63) is 77.7 Å². The molecular weight excluding hydrogens is 1440 g/mol. The van der Waals surface area contributed by atoms with Gasteiger partial charge in [0.05, 0.1) is 40.0 Å². The number of H-pyrrole nitrogens is 2. The number of halogens is 5. The van der Waals surface area contributed by atoms with Gasteiger partial charge in [0, 0.05) is 21.7 Å². The molecule has 0 spiro atoms. The Bertz CT molecular complexity index is 3210. The third-order valence-electron chi connectivity index (χ3n) is 8.36. The Morgan fingerprint density at radius 2 is 0.663 bits per heavy atom. The number of rotatable bonds is 21. The molecule has 7 heterocycles. The van der Waals surface area contributed by atoms with Crippen molar-refractivity contribution in [1.82, 2.24) is 121 Å².